The summed E-state index contributed by atoms with van der Waals surface area (Å²) in [6.45, 7) is 16.6. The third kappa shape index (κ3) is 4.02. The van der Waals surface area contributed by atoms with E-state index < -0.39 is 0 Å². The molecule has 0 aromatic carbocycles. The van der Waals surface area contributed by atoms with Crippen LogP contribution in [0.5, 0.6) is 0 Å². The summed E-state index contributed by atoms with van der Waals surface area (Å²) in [6, 6.07) is 0. The van der Waals surface area contributed by atoms with Crippen molar-refractivity contribution in [3.05, 3.63) is 0 Å². The predicted octanol–water partition coefficient (Wildman–Crippen LogP) is 4.99. The normalized spacial score (nSPS) is 14.8. The second kappa shape index (κ2) is 6.48. The minimum atomic E-state index is 0.828. The fraction of sp³-hybridized carbons (Fsp3) is 1.00. The molecular formula is C14H30. The molecule has 0 heterocycles. The molecule has 0 radical (unpaired) electrons. The summed E-state index contributed by atoms with van der Waals surface area (Å²) in [5.41, 5.74) is 0. The Hall–Kier alpha value is 0. The van der Waals surface area contributed by atoms with E-state index in [0.717, 1.165) is 29.6 Å². The lowest BCUT2D eigenvalue weighted by atomic mass is 9.70. The number of hydrogen-bond acceptors (Lipinski definition) is 0. The molecule has 1 atom stereocenters. The molecule has 0 spiro atoms. The van der Waals surface area contributed by atoms with E-state index >= 15 is 0 Å². The molecule has 0 rings (SSSR count). The molecule has 0 bridgehead atoms. The Morgan fingerprint density at radius 3 is 1.36 bits per heavy atom. The van der Waals surface area contributed by atoms with Crippen LogP contribution < -0.4 is 0 Å². The van der Waals surface area contributed by atoms with Crippen molar-refractivity contribution in [1.29, 1.82) is 0 Å². The van der Waals surface area contributed by atoms with Gasteiger partial charge in [0.25, 0.3) is 0 Å². The topological polar surface area (TPSA) is 0 Å². The van der Waals surface area contributed by atoms with Gasteiger partial charge in [-0.15, -0.1) is 0 Å². The highest BCUT2D eigenvalue weighted by Gasteiger charge is 2.28. The monoisotopic (exact) mass is 198 g/mol. The highest BCUT2D eigenvalue weighted by atomic mass is 14.3. The molecule has 0 aliphatic rings. The zero-order valence-corrected chi connectivity index (χ0v) is 11.3. The highest BCUT2D eigenvalue weighted by molar-refractivity contribution is 4.77. The molecular weight excluding hydrogens is 168 g/mol. The largest absolute Gasteiger partial charge is 0.0654 e. The van der Waals surface area contributed by atoms with E-state index in [2.05, 4.69) is 48.5 Å². The summed E-state index contributed by atoms with van der Waals surface area (Å²) in [7, 11) is 0. The second-order valence-electron chi connectivity index (χ2n) is 5.76. The minimum Gasteiger partial charge on any atom is -0.0654 e. The third-order valence-corrected chi connectivity index (χ3v) is 3.51. The van der Waals surface area contributed by atoms with Crippen LogP contribution in [0, 0.1) is 29.6 Å². The van der Waals surface area contributed by atoms with Crippen LogP contribution in [0.15, 0.2) is 0 Å². The van der Waals surface area contributed by atoms with Gasteiger partial charge in [0.05, 0.1) is 0 Å². The molecule has 0 aromatic heterocycles. The van der Waals surface area contributed by atoms with Gasteiger partial charge in [0.15, 0.2) is 0 Å². The van der Waals surface area contributed by atoms with Gasteiger partial charge in [-0.3, -0.25) is 0 Å². The van der Waals surface area contributed by atoms with Crippen LogP contribution in [0.2, 0.25) is 0 Å². The van der Waals surface area contributed by atoms with E-state index in [1.54, 1.807) is 0 Å². The second-order valence-corrected chi connectivity index (χ2v) is 5.76. The zero-order valence-electron chi connectivity index (χ0n) is 11.3. The van der Waals surface area contributed by atoms with Gasteiger partial charge >= 0.3 is 0 Å². The molecule has 0 saturated carbocycles. The Morgan fingerprint density at radius 2 is 1.14 bits per heavy atom. The van der Waals surface area contributed by atoms with Crippen LogP contribution in [-0.2, 0) is 0 Å². The van der Waals surface area contributed by atoms with Crippen molar-refractivity contribution >= 4 is 0 Å². The van der Waals surface area contributed by atoms with Gasteiger partial charge in [0.1, 0.15) is 0 Å². The Balaban J connectivity index is 4.55. The zero-order chi connectivity index (χ0) is 11.3. The Labute approximate surface area is 91.5 Å². The van der Waals surface area contributed by atoms with Gasteiger partial charge in [0.2, 0.25) is 0 Å². The van der Waals surface area contributed by atoms with Gasteiger partial charge in [0, 0.05) is 0 Å². The van der Waals surface area contributed by atoms with E-state index in [4.69, 9.17) is 0 Å². The highest BCUT2D eigenvalue weighted by Crippen LogP contribution is 2.36. The summed E-state index contributed by atoms with van der Waals surface area (Å²) < 4.78 is 0. The fourth-order valence-electron chi connectivity index (χ4n) is 3.06. The molecule has 0 aliphatic carbocycles. The maximum Gasteiger partial charge on any atom is -0.0337 e. The van der Waals surface area contributed by atoms with Gasteiger partial charge in [-0.25, -0.2) is 0 Å². The van der Waals surface area contributed by atoms with E-state index in [1.165, 1.54) is 12.8 Å². The van der Waals surface area contributed by atoms with Crippen LogP contribution in [0.4, 0.5) is 0 Å². The van der Waals surface area contributed by atoms with Crippen LogP contribution in [-0.4, -0.2) is 0 Å². The molecule has 14 heavy (non-hydrogen) atoms. The van der Waals surface area contributed by atoms with Gasteiger partial charge in [-0.05, 0) is 29.6 Å². The molecule has 0 aliphatic heterocycles. The molecule has 86 valence electrons. The van der Waals surface area contributed by atoms with Crippen LogP contribution in [0.25, 0.3) is 0 Å². The van der Waals surface area contributed by atoms with E-state index in [1.807, 2.05) is 0 Å². The summed E-state index contributed by atoms with van der Waals surface area (Å²) in [5, 5.41) is 0. The molecule has 0 nitrogen and oxygen atoms in total. The molecule has 0 heteroatoms. The number of rotatable bonds is 6. The summed E-state index contributed by atoms with van der Waals surface area (Å²) in [6.07, 6.45) is 2.73. The maximum absolute atomic E-state index is 2.39. The van der Waals surface area contributed by atoms with Gasteiger partial charge in [-0.2, -0.15) is 0 Å². The van der Waals surface area contributed by atoms with E-state index in [0.29, 0.717) is 0 Å². The van der Waals surface area contributed by atoms with Gasteiger partial charge < -0.3 is 0 Å². The number of hydrogen-bond donors (Lipinski definition) is 0. The smallest absolute Gasteiger partial charge is 0.0337 e. The molecule has 0 N–H and O–H groups in total. The van der Waals surface area contributed by atoms with E-state index in [-0.39, 0.29) is 0 Å². The Kier molecular flexibility index (Phi) is 6.48. The standard InChI is InChI=1S/C14H30/c1-8-9-13(10(2)3)14(11(4)5)12(6)7/h10-14H,8-9H2,1-7H3. The third-order valence-electron chi connectivity index (χ3n) is 3.51. The lowest BCUT2D eigenvalue weighted by Gasteiger charge is -2.36. The molecule has 0 saturated heterocycles. The predicted molar refractivity (Wildman–Crippen MR) is 66.4 cm³/mol. The average Bonchev–Trinajstić information content (AvgIpc) is 2.01. The van der Waals surface area contributed by atoms with Crippen molar-refractivity contribution in [3.8, 4) is 0 Å². The summed E-state index contributed by atoms with van der Waals surface area (Å²) >= 11 is 0. The van der Waals surface area contributed by atoms with Crippen molar-refractivity contribution in [2.75, 3.05) is 0 Å². The van der Waals surface area contributed by atoms with Crippen LogP contribution >= 0.6 is 0 Å². The Bertz CT molecular complexity index is 125. The van der Waals surface area contributed by atoms with Crippen molar-refractivity contribution in [2.24, 2.45) is 29.6 Å². The van der Waals surface area contributed by atoms with E-state index in [9.17, 15) is 0 Å². The van der Waals surface area contributed by atoms with Crippen LogP contribution in [0.1, 0.15) is 61.3 Å². The van der Waals surface area contributed by atoms with Crippen molar-refractivity contribution in [3.63, 3.8) is 0 Å². The quantitative estimate of drug-likeness (QED) is 0.564. The fourth-order valence-corrected chi connectivity index (χ4v) is 3.06. The molecule has 1 unspecified atom stereocenters. The average molecular weight is 198 g/mol. The lowest BCUT2D eigenvalue weighted by molar-refractivity contribution is 0.133. The molecule has 0 aromatic rings. The summed E-state index contributed by atoms with van der Waals surface area (Å²) in [4.78, 5) is 0. The van der Waals surface area contributed by atoms with Crippen molar-refractivity contribution < 1.29 is 0 Å². The van der Waals surface area contributed by atoms with Gasteiger partial charge in [-0.1, -0.05) is 61.3 Å². The molecule has 0 fully saturated rings. The van der Waals surface area contributed by atoms with Crippen molar-refractivity contribution in [2.45, 2.75) is 61.3 Å². The lowest BCUT2D eigenvalue weighted by Crippen LogP contribution is -2.29. The summed E-state index contributed by atoms with van der Waals surface area (Å²) in [5.74, 6) is 4.31. The first-order chi connectivity index (χ1) is 6.41. The molecule has 0 amide bonds. The first-order valence-electron chi connectivity index (χ1n) is 6.41. The van der Waals surface area contributed by atoms with Crippen LogP contribution in [0.3, 0.4) is 0 Å². The minimum absolute atomic E-state index is 0.828. The maximum atomic E-state index is 2.39. The first-order valence-corrected chi connectivity index (χ1v) is 6.41. The van der Waals surface area contributed by atoms with Crippen molar-refractivity contribution in [1.82, 2.24) is 0 Å². The SMILES string of the molecule is CCCC(C(C)C)C(C(C)C)C(C)C. The first kappa shape index (κ1) is 14.0. The Morgan fingerprint density at radius 1 is 0.714 bits per heavy atom.